The lowest BCUT2D eigenvalue weighted by atomic mass is 10.1. The van der Waals surface area contributed by atoms with Crippen LogP contribution in [0.2, 0.25) is 0 Å². The van der Waals surface area contributed by atoms with Crippen molar-refractivity contribution >= 4 is 22.8 Å². The van der Waals surface area contributed by atoms with Gasteiger partial charge >= 0.3 is 0 Å². The first-order valence-electron chi connectivity index (χ1n) is 4.89. The fourth-order valence-electron chi connectivity index (χ4n) is 1.33. The molecule has 0 bridgehead atoms. The van der Waals surface area contributed by atoms with Gasteiger partial charge in [0, 0.05) is 30.6 Å². The van der Waals surface area contributed by atoms with Gasteiger partial charge in [0.1, 0.15) is 6.29 Å². The van der Waals surface area contributed by atoms with Gasteiger partial charge in [-0.15, -0.1) is 11.3 Å². The molecule has 1 aromatic carbocycles. The van der Waals surface area contributed by atoms with Crippen molar-refractivity contribution < 1.29 is 4.79 Å². The Labute approximate surface area is 98.4 Å². The van der Waals surface area contributed by atoms with Crippen molar-refractivity contribution in [3.8, 4) is 11.3 Å². The predicted molar refractivity (Wildman–Crippen MR) is 67.3 cm³/mol. The summed E-state index contributed by atoms with van der Waals surface area (Å²) in [5, 5.41) is 3.00. The van der Waals surface area contributed by atoms with E-state index in [0.717, 1.165) is 22.7 Å². The molecule has 3 nitrogen and oxygen atoms in total. The van der Waals surface area contributed by atoms with E-state index in [1.54, 1.807) is 23.5 Å². The number of aldehydes is 1. The molecule has 0 atom stereocenters. The maximum Gasteiger partial charge on any atom is 0.185 e. The number of carbonyl (C=O) groups excluding carboxylic acids is 1. The Morgan fingerprint density at radius 1 is 1.25 bits per heavy atom. The molecule has 2 aromatic rings. The highest BCUT2D eigenvalue weighted by atomic mass is 32.1. The largest absolute Gasteiger partial charge is 0.354 e. The number of hydrogen-bond acceptors (Lipinski definition) is 4. The van der Waals surface area contributed by atoms with Crippen LogP contribution in [0.15, 0.2) is 29.6 Å². The van der Waals surface area contributed by atoms with Crippen LogP contribution < -0.4 is 4.90 Å². The minimum atomic E-state index is 0.687. The molecule has 0 spiro atoms. The lowest BCUT2D eigenvalue weighted by Gasteiger charge is -2.05. The Bertz CT molecular complexity index is 488. The molecule has 0 saturated carbocycles. The first kappa shape index (κ1) is 10.8. The Hall–Kier alpha value is -1.68. The van der Waals surface area contributed by atoms with Gasteiger partial charge in [-0.2, -0.15) is 0 Å². The van der Waals surface area contributed by atoms with Crippen LogP contribution in [0.1, 0.15) is 10.4 Å². The molecule has 82 valence electrons. The van der Waals surface area contributed by atoms with Gasteiger partial charge in [-0.1, -0.05) is 24.3 Å². The summed E-state index contributed by atoms with van der Waals surface area (Å²) in [5.74, 6) is 0. The van der Waals surface area contributed by atoms with Crippen LogP contribution >= 0.6 is 11.3 Å². The SMILES string of the molecule is CN(C)c1nc(-c2ccc(C=O)cc2)cs1. The fraction of sp³-hybridized carbons (Fsp3) is 0.167. The smallest absolute Gasteiger partial charge is 0.185 e. The molecule has 0 aliphatic heterocycles. The van der Waals surface area contributed by atoms with Gasteiger partial charge in [-0.05, 0) is 0 Å². The van der Waals surface area contributed by atoms with Crippen LogP contribution in [-0.2, 0) is 0 Å². The minimum absolute atomic E-state index is 0.687. The molecule has 0 fully saturated rings. The number of nitrogens with zero attached hydrogens (tertiary/aromatic N) is 2. The van der Waals surface area contributed by atoms with Crippen LogP contribution in [-0.4, -0.2) is 25.4 Å². The number of benzene rings is 1. The first-order valence-corrected chi connectivity index (χ1v) is 5.77. The number of anilines is 1. The molecule has 0 radical (unpaired) electrons. The second kappa shape index (κ2) is 4.45. The van der Waals surface area contributed by atoms with Crippen LogP contribution in [0.5, 0.6) is 0 Å². The maximum absolute atomic E-state index is 10.5. The van der Waals surface area contributed by atoms with Crippen molar-refractivity contribution in [2.75, 3.05) is 19.0 Å². The second-order valence-electron chi connectivity index (χ2n) is 3.65. The van der Waals surface area contributed by atoms with E-state index in [1.807, 2.05) is 36.5 Å². The van der Waals surface area contributed by atoms with Gasteiger partial charge in [-0.3, -0.25) is 4.79 Å². The summed E-state index contributed by atoms with van der Waals surface area (Å²) in [5.41, 5.74) is 2.67. The zero-order valence-electron chi connectivity index (χ0n) is 9.18. The molecule has 0 N–H and O–H groups in total. The lowest BCUT2D eigenvalue weighted by molar-refractivity contribution is 0.112. The van der Waals surface area contributed by atoms with Crippen molar-refractivity contribution in [2.24, 2.45) is 0 Å². The Balaban J connectivity index is 2.31. The average Bonchev–Trinajstić information content (AvgIpc) is 2.78. The molecule has 4 heteroatoms. The molecule has 1 aromatic heterocycles. The highest BCUT2D eigenvalue weighted by Crippen LogP contribution is 2.26. The van der Waals surface area contributed by atoms with Crippen molar-refractivity contribution in [1.82, 2.24) is 4.98 Å². The number of hydrogen-bond donors (Lipinski definition) is 0. The van der Waals surface area contributed by atoms with E-state index in [4.69, 9.17) is 0 Å². The quantitative estimate of drug-likeness (QED) is 0.763. The number of thiazole rings is 1. The summed E-state index contributed by atoms with van der Waals surface area (Å²) in [6, 6.07) is 7.43. The molecular formula is C12H12N2OS. The fourth-order valence-corrected chi connectivity index (χ4v) is 2.10. The van der Waals surface area contributed by atoms with Crippen LogP contribution in [0.25, 0.3) is 11.3 Å². The van der Waals surface area contributed by atoms with E-state index >= 15 is 0 Å². The summed E-state index contributed by atoms with van der Waals surface area (Å²) in [6.07, 6.45) is 0.843. The standard InChI is InChI=1S/C12H12N2OS/c1-14(2)12-13-11(8-16-12)10-5-3-9(7-15)4-6-10/h3-8H,1-2H3. The predicted octanol–water partition coefficient (Wildman–Crippen LogP) is 2.69. The summed E-state index contributed by atoms with van der Waals surface area (Å²) in [6.45, 7) is 0. The molecule has 1 heterocycles. The van der Waals surface area contributed by atoms with Gasteiger partial charge in [-0.25, -0.2) is 4.98 Å². The third-order valence-electron chi connectivity index (χ3n) is 2.22. The van der Waals surface area contributed by atoms with Crippen molar-refractivity contribution in [3.05, 3.63) is 35.2 Å². The molecular weight excluding hydrogens is 220 g/mol. The van der Waals surface area contributed by atoms with Crippen LogP contribution in [0.4, 0.5) is 5.13 Å². The molecule has 0 aliphatic rings. The molecule has 2 rings (SSSR count). The monoisotopic (exact) mass is 232 g/mol. The van der Waals surface area contributed by atoms with Crippen molar-refractivity contribution in [2.45, 2.75) is 0 Å². The van der Waals surface area contributed by atoms with E-state index in [2.05, 4.69) is 4.98 Å². The second-order valence-corrected chi connectivity index (χ2v) is 4.49. The molecule has 0 aliphatic carbocycles. The Kier molecular flexibility index (Phi) is 3.01. The van der Waals surface area contributed by atoms with Crippen molar-refractivity contribution in [3.63, 3.8) is 0 Å². The zero-order valence-corrected chi connectivity index (χ0v) is 9.99. The molecule has 0 saturated heterocycles. The normalized spacial score (nSPS) is 10.1. The maximum atomic E-state index is 10.5. The van der Waals surface area contributed by atoms with Gasteiger partial charge in [0.2, 0.25) is 0 Å². The third-order valence-corrected chi connectivity index (χ3v) is 3.23. The topological polar surface area (TPSA) is 33.2 Å². The van der Waals surface area contributed by atoms with Gasteiger partial charge in [0.25, 0.3) is 0 Å². The number of carbonyl (C=O) groups is 1. The van der Waals surface area contributed by atoms with Gasteiger partial charge < -0.3 is 4.90 Å². The minimum Gasteiger partial charge on any atom is -0.354 e. The van der Waals surface area contributed by atoms with Crippen LogP contribution in [0, 0.1) is 0 Å². The summed E-state index contributed by atoms with van der Waals surface area (Å²) < 4.78 is 0. The summed E-state index contributed by atoms with van der Waals surface area (Å²) in [7, 11) is 3.94. The van der Waals surface area contributed by atoms with Gasteiger partial charge in [0.15, 0.2) is 5.13 Å². The van der Waals surface area contributed by atoms with E-state index in [0.29, 0.717) is 5.56 Å². The number of rotatable bonds is 3. The molecule has 0 amide bonds. The van der Waals surface area contributed by atoms with Gasteiger partial charge in [0.05, 0.1) is 5.69 Å². The highest BCUT2D eigenvalue weighted by molar-refractivity contribution is 7.14. The first-order chi connectivity index (χ1) is 7.70. The Morgan fingerprint density at radius 2 is 1.94 bits per heavy atom. The lowest BCUT2D eigenvalue weighted by Crippen LogP contribution is -2.07. The van der Waals surface area contributed by atoms with E-state index in [-0.39, 0.29) is 0 Å². The average molecular weight is 232 g/mol. The van der Waals surface area contributed by atoms with Crippen LogP contribution in [0.3, 0.4) is 0 Å². The number of aromatic nitrogens is 1. The van der Waals surface area contributed by atoms with E-state index < -0.39 is 0 Å². The summed E-state index contributed by atoms with van der Waals surface area (Å²) >= 11 is 1.61. The van der Waals surface area contributed by atoms with Crippen molar-refractivity contribution in [1.29, 1.82) is 0 Å². The van der Waals surface area contributed by atoms with E-state index in [1.165, 1.54) is 0 Å². The van der Waals surface area contributed by atoms with E-state index in [9.17, 15) is 4.79 Å². The zero-order chi connectivity index (χ0) is 11.5. The summed E-state index contributed by atoms with van der Waals surface area (Å²) in [4.78, 5) is 17.0. The Morgan fingerprint density at radius 3 is 2.44 bits per heavy atom. The molecule has 16 heavy (non-hydrogen) atoms. The molecule has 0 unspecified atom stereocenters. The third kappa shape index (κ3) is 2.12. The highest BCUT2D eigenvalue weighted by Gasteiger charge is 2.05.